The second kappa shape index (κ2) is 6.03. The third-order valence-electron chi connectivity index (χ3n) is 3.46. The van der Waals surface area contributed by atoms with E-state index < -0.39 is 18.8 Å². The van der Waals surface area contributed by atoms with Crippen LogP contribution in [0.3, 0.4) is 0 Å². The molecule has 112 valence electrons. The fourth-order valence-corrected chi connectivity index (χ4v) is 3.07. The van der Waals surface area contributed by atoms with Gasteiger partial charge in [0.25, 0.3) is 0 Å². The standard InChI is InChI=1S/C14H18BrF3N2/c1-9(19)13(11-4-2-3-5-12(11)15)20(10-6-7-10)8-14(16,17)18/h2-5,9-10,13H,6-8,19H2,1H3. The number of rotatable bonds is 5. The lowest BCUT2D eigenvalue weighted by Gasteiger charge is -2.35. The van der Waals surface area contributed by atoms with E-state index in [0.717, 1.165) is 22.9 Å². The maximum absolute atomic E-state index is 12.8. The Labute approximate surface area is 125 Å². The predicted molar refractivity (Wildman–Crippen MR) is 76.3 cm³/mol. The van der Waals surface area contributed by atoms with Crippen molar-refractivity contribution >= 4 is 15.9 Å². The van der Waals surface area contributed by atoms with E-state index in [-0.39, 0.29) is 12.1 Å². The summed E-state index contributed by atoms with van der Waals surface area (Å²) in [5.41, 5.74) is 6.81. The van der Waals surface area contributed by atoms with Gasteiger partial charge < -0.3 is 5.73 Å². The van der Waals surface area contributed by atoms with Crippen molar-refractivity contribution in [3.05, 3.63) is 34.3 Å². The first-order chi connectivity index (χ1) is 9.29. The van der Waals surface area contributed by atoms with Crippen LogP contribution in [0.15, 0.2) is 28.7 Å². The van der Waals surface area contributed by atoms with Crippen LogP contribution in [0.2, 0.25) is 0 Å². The van der Waals surface area contributed by atoms with Crippen LogP contribution in [0.25, 0.3) is 0 Å². The molecule has 20 heavy (non-hydrogen) atoms. The van der Waals surface area contributed by atoms with Crippen LogP contribution in [0.5, 0.6) is 0 Å². The Bertz CT molecular complexity index is 458. The first-order valence-corrected chi connectivity index (χ1v) is 7.41. The number of hydrogen-bond acceptors (Lipinski definition) is 2. The maximum Gasteiger partial charge on any atom is 0.401 e. The largest absolute Gasteiger partial charge is 0.401 e. The molecule has 0 heterocycles. The van der Waals surface area contributed by atoms with Gasteiger partial charge >= 0.3 is 6.18 Å². The van der Waals surface area contributed by atoms with Crippen LogP contribution in [0.1, 0.15) is 31.4 Å². The fraction of sp³-hybridized carbons (Fsp3) is 0.571. The summed E-state index contributed by atoms with van der Waals surface area (Å²) in [6, 6.07) is 6.52. The van der Waals surface area contributed by atoms with E-state index in [9.17, 15) is 13.2 Å². The Hall–Kier alpha value is -0.590. The Balaban J connectivity index is 2.32. The molecule has 0 bridgehead atoms. The normalized spacial score (nSPS) is 19.1. The third kappa shape index (κ3) is 3.96. The van der Waals surface area contributed by atoms with Crippen molar-refractivity contribution in [1.82, 2.24) is 4.90 Å². The number of nitrogens with zero attached hydrogens (tertiary/aromatic N) is 1. The summed E-state index contributed by atoms with van der Waals surface area (Å²) in [5, 5.41) is 0. The molecular formula is C14H18BrF3N2. The molecule has 1 aromatic rings. The van der Waals surface area contributed by atoms with E-state index in [0.29, 0.717) is 0 Å². The molecule has 0 amide bonds. The number of alkyl halides is 3. The van der Waals surface area contributed by atoms with Crippen molar-refractivity contribution < 1.29 is 13.2 Å². The van der Waals surface area contributed by atoms with Crippen LogP contribution in [0.4, 0.5) is 13.2 Å². The van der Waals surface area contributed by atoms with Crippen LogP contribution in [-0.4, -0.2) is 29.7 Å². The second-order valence-electron chi connectivity index (χ2n) is 5.34. The van der Waals surface area contributed by atoms with Gasteiger partial charge in [0.15, 0.2) is 0 Å². The van der Waals surface area contributed by atoms with Gasteiger partial charge in [-0.25, -0.2) is 0 Å². The molecule has 1 aliphatic rings. The van der Waals surface area contributed by atoms with Gasteiger partial charge in [0, 0.05) is 16.6 Å². The van der Waals surface area contributed by atoms with Crippen molar-refractivity contribution in [3.63, 3.8) is 0 Å². The van der Waals surface area contributed by atoms with Crippen LogP contribution in [0, 0.1) is 0 Å². The summed E-state index contributed by atoms with van der Waals surface area (Å²) in [5.74, 6) is 0. The van der Waals surface area contributed by atoms with E-state index in [1.807, 2.05) is 24.3 Å². The van der Waals surface area contributed by atoms with Gasteiger partial charge in [0.05, 0.1) is 12.6 Å². The van der Waals surface area contributed by atoms with Crippen molar-refractivity contribution in [2.45, 2.75) is 44.1 Å². The van der Waals surface area contributed by atoms with Gasteiger partial charge in [-0.15, -0.1) is 0 Å². The monoisotopic (exact) mass is 350 g/mol. The molecular weight excluding hydrogens is 333 g/mol. The van der Waals surface area contributed by atoms with Gasteiger partial charge in [-0.05, 0) is 31.4 Å². The van der Waals surface area contributed by atoms with E-state index in [1.165, 1.54) is 4.90 Å². The molecule has 2 N–H and O–H groups in total. The molecule has 2 rings (SSSR count). The quantitative estimate of drug-likeness (QED) is 0.873. The molecule has 1 saturated carbocycles. The topological polar surface area (TPSA) is 29.3 Å². The SMILES string of the molecule is CC(N)C(c1ccccc1Br)N(CC(F)(F)F)C1CC1. The molecule has 0 spiro atoms. The number of benzene rings is 1. The Morgan fingerprint density at radius 1 is 1.35 bits per heavy atom. The average Bonchev–Trinajstić information content (AvgIpc) is 3.12. The highest BCUT2D eigenvalue weighted by Crippen LogP contribution is 2.39. The highest BCUT2D eigenvalue weighted by atomic mass is 79.9. The lowest BCUT2D eigenvalue weighted by atomic mass is 9.99. The van der Waals surface area contributed by atoms with Gasteiger partial charge in [-0.2, -0.15) is 13.2 Å². The smallest absolute Gasteiger partial charge is 0.326 e. The summed E-state index contributed by atoms with van der Waals surface area (Å²) in [6.45, 7) is 0.848. The summed E-state index contributed by atoms with van der Waals surface area (Å²) in [7, 11) is 0. The van der Waals surface area contributed by atoms with Gasteiger partial charge in [-0.1, -0.05) is 34.1 Å². The lowest BCUT2D eigenvalue weighted by molar-refractivity contribution is -0.153. The highest BCUT2D eigenvalue weighted by Gasteiger charge is 2.43. The van der Waals surface area contributed by atoms with E-state index in [1.54, 1.807) is 6.92 Å². The number of halogens is 4. The number of nitrogens with two attached hydrogens (primary N) is 1. The Kier molecular flexibility index (Phi) is 4.76. The molecule has 2 unspecified atom stereocenters. The summed E-state index contributed by atoms with van der Waals surface area (Å²) in [6.07, 6.45) is -2.59. The molecule has 6 heteroatoms. The van der Waals surface area contributed by atoms with Crippen LogP contribution >= 0.6 is 15.9 Å². The molecule has 2 nitrogen and oxygen atoms in total. The van der Waals surface area contributed by atoms with Gasteiger partial charge in [0.1, 0.15) is 0 Å². The minimum atomic E-state index is -4.21. The zero-order valence-corrected chi connectivity index (χ0v) is 12.8. The lowest BCUT2D eigenvalue weighted by Crippen LogP contribution is -2.45. The summed E-state index contributed by atoms with van der Waals surface area (Å²) in [4.78, 5) is 1.50. The molecule has 1 aliphatic carbocycles. The minimum Gasteiger partial charge on any atom is -0.326 e. The molecule has 2 atom stereocenters. The summed E-state index contributed by atoms with van der Waals surface area (Å²) >= 11 is 3.42. The zero-order valence-electron chi connectivity index (χ0n) is 11.2. The molecule has 0 radical (unpaired) electrons. The molecule has 0 aliphatic heterocycles. The van der Waals surface area contributed by atoms with E-state index >= 15 is 0 Å². The van der Waals surface area contributed by atoms with Gasteiger partial charge in [-0.3, -0.25) is 4.90 Å². The van der Waals surface area contributed by atoms with Crippen molar-refractivity contribution in [1.29, 1.82) is 0 Å². The number of hydrogen-bond donors (Lipinski definition) is 1. The van der Waals surface area contributed by atoms with Crippen molar-refractivity contribution in [2.24, 2.45) is 5.73 Å². The highest BCUT2D eigenvalue weighted by molar-refractivity contribution is 9.10. The molecule has 0 saturated heterocycles. The maximum atomic E-state index is 12.8. The molecule has 0 aromatic heterocycles. The summed E-state index contributed by atoms with van der Waals surface area (Å²) < 4.78 is 39.3. The van der Waals surface area contributed by atoms with Gasteiger partial charge in [0.2, 0.25) is 0 Å². The van der Waals surface area contributed by atoms with Crippen LogP contribution in [-0.2, 0) is 0 Å². The fourth-order valence-electron chi connectivity index (χ4n) is 2.55. The first-order valence-electron chi connectivity index (χ1n) is 6.62. The average molecular weight is 351 g/mol. The second-order valence-corrected chi connectivity index (χ2v) is 6.20. The molecule has 1 fully saturated rings. The van der Waals surface area contributed by atoms with Crippen LogP contribution < -0.4 is 5.73 Å². The Morgan fingerprint density at radius 3 is 2.40 bits per heavy atom. The van der Waals surface area contributed by atoms with Crippen molar-refractivity contribution in [3.8, 4) is 0 Å². The minimum absolute atomic E-state index is 0.0141. The third-order valence-corrected chi connectivity index (χ3v) is 4.18. The predicted octanol–water partition coefficient (Wildman–Crippen LogP) is 3.86. The first kappa shape index (κ1) is 15.8. The zero-order chi connectivity index (χ0) is 14.9. The molecule has 1 aromatic carbocycles. The Morgan fingerprint density at radius 2 is 1.95 bits per heavy atom. The van der Waals surface area contributed by atoms with E-state index in [4.69, 9.17) is 5.73 Å². The van der Waals surface area contributed by atoms with Crippen molar-refractivity contribution in [2.75, 3.05) is 6.54 Å². The van der Waals surface area contributed by atoms with E-state index in [2.05, 4.69) is 15.9 Å².